The molecule has 2 aromatic carbocycles. The first kappa shape index (κ1) is 23.7. The van der Waals surface area contributed by atoms with E-state index in [9.17, 15) is 0 Å². The lowest BCUT2D eigenvalue weighted by Gasteiger charge is -2.34. The number of aryl methyl sites for hydroxylation is 2. The highest BCUT2D eigenvalue weighted by atomic mass is 16.7. The average molecular weight is 523 g/mol. The van der Waals surface area contributed by atoms with Crippen molar-refractivity contribution in [3.05, 3.63) is 65.6 Å². The summed E-state index contributed by atoms with van der Waals surface area (Å²) >= 11 is 0. The van der Waals surface area contributed by atoms with Crippen LogP contribution in [0.1, 0.15) is 49.8 Å². The fourth-order valence-corrected chi connectivity index (χ4v) is 5.93. The monoisotopic (exact) mass is 522 g/mol. The zero-order chi connectivity index (χ0) is 26.7. The molecule has 0 saturated heterocycles. The van der Waals surface area contributed by atoms with Crippen LogP contribution in [0.2, 0.25) is 0 Å². The number of allylic oxidation sites excluding steroid dienone is 1. The minimum atomic E-state index is -0.227. The van der Waals surface area contributed by atoms with Crippen LogP contribution < -0.4 is 16.5 Å². The minimum Gasteiger partial charge on any atom is -0.423 e. The van der Waals surface area contributed by atoms with E-state index in [1.807, 2.05) is 48.9 Å². The SMILES string of the molecule is CC1=CC2(CCC(n3nc(-c4ccc(Nc5nc6cc(C)cc(C)c6o5)cc4)c4c(N)ncnc43)CC2)ON1. The number of anilines is 3. The second kappa shape index (κ2) is 8.81. The Bertz CT molecular complexity index is 1740. The van der Waals surface area contributed by atoms with E-state index in [1.54, 1.807) is 0 Å². The molecule has 0 radical (unpaired) electrons. The van der Waals surface area contributed by atoms with E-state index < -0.39 is 0 Å². The van der Waals surface area contributed by atoms with Crippen LogP contribution in [0.5, 0.6) is 0 Å². The van der Waals surface area contributed by atoms with Gasteiger partial charge in [0.25, 0.3) is 6.01 Å². The molecule has 0 unspecified atom stereocenters. The van der Waals surface area contributed by atoms with Crippen LogP contribution in [-0.4, -0.2) is 30.3 Å². The zero-order valence-electron chi connectivity index (χ0n) is 22.2. The van der Waals surface area contributed by atoms with Gasteiger partial charge >= 0.3 is 0 Å². The van der Waals surface area contributed by atoms with Crippen molar-refractivity contribution in [1.82, 2.24) is 30.2 Å². The summed E-state index contributed by atoms with van der Waals surface area (Å²) in [5.41, 5.74) is 17.4. The Morgan fingerprint density at radius 2 is 1.87 bits per heavy atom. The van der Waals surface area contributed by atoms with Crippen LogP contribution in [0, 0.1) is 13.8 Å². The van der Waals surface area contributed by atoms with E-state index in [0.717, 1.165) is 81.6 Å². The minimum absolute atomic E-state index is 0.200. The predicted molar refractivity (Wildman–Crippen MR) is 150 cm³/mol. The van der Waals surface area contributed by atoms with Crippen molar-refractivity contribution in [2.45, 2.75) is 58.1 Å². The van der Waals surface area contributed by atoms with Crippen LogP contribution in [0.4, 0.5) is 17.5 Å². The molecule has 1 aliphatic carbocycles. The molecule has 2 aliphatic rings. The molecular weight excluding hydrogens is 492 g/mol. The zero-order valence-corrected chi connectivity index (χ0v) is 22.2. The molecule has 0 amide bonds. The van der Waals surface area contributed by atoms with Crippen molar-refractivity contribution in [2.24, 2.45) is 0 Å². The molecular formula is C29H30N8O2. The van der Waals surface area contributed by atoms with Crippen molar-refractivity contribution in [3.63, 3.8) is 0 Å². The summed E-state index contributed by atoms with van der Waals surface area (Å²) in [5.74, 6) is 0.426. The van der Waals surface area contributed by atoms with Crippen molar-refractivity contribution in [2.75, 3.05) is 11.1 Å². The van der Waals surface area contributed by atoms with Gasteiger partial charge < -0.3 is 15.5 Å². The third kappa shape index (κ3) is 4.08. The van der Waals surface area contributed by atoms with Crippen LogP contribution in [0.25, 0.3) is 33.4 Å². The number of aromatic nitrogens is 5. The molecule has 39 heavy (non-hydrogen) atoms. The topological polar surface area (TPSA) is 129 Å². The van der Waals surface area contributed by atoms with Crippen molar-refractivity contribution < 1.29 is 9.25 Å². The second-order valence-corrected chi connectivity index (χ2v) is 10.7. The Morgan fingerprint density at radius 3 is 2.62 bits per heavy atom. The highest BCUT2D eigenvalue weighted by Crippen LogP contribution is 2.42. The van der Waals surface area contributed by atoms with Crippen molar-refractivity contribution in [1.29, 1.82) is 0 Å². The van der Waals surface area contributed by atoms with Crippen LogP contribution in [0.15, 0.2) is 58.9 Å². The lowest BCUT2D eigenvalue weighted by atomic mass is 9.82. The number of nitrogens with two attached hydrogens (primary N) is 1. The summed E-state index contributed by atoms with van der Waals surface area (Å²) in [5, 5.41) is 9.10. The summed E-state index contributed by atoms with van der Waals surface area (Å²) in [7, 11) is 0. The molecule has 1 spiro atoms. The fourth-order valence-electron chi connectivity index (χ4n) is 5.93. The number of oxazole rings is 1. The maximum Gasteiger partial charge on any atom is 0.300 e. The molecule has 4 N–H and O–H groups in total. The lowest BCUT2D eigenvalue weighted by Crippen LogP contribution is -2.35. The predicted octanol–water partition coefficient (Wildman–Crippen LogP) is 5.87. The van der Waals surface area contributed by atoms with Gasteiger partial charge in [0.1, 0.15) is 29.0 Å². The van der Waals surface area contributed by atoms with Gasteiger partial charge in [-0.2, -0.15) is 10.1 Å². The second-order valence-electron chi connectivity index (χ2n) is 10.7. The molecule has 1 fully saturated rings. The number of fused-ring (bicyclic) bond motifs is 2. The number of nitrogen functional groups attached to an aromatic ring is 1. The molecule has 0 bridgehead atoms. The van der Waals surface area contributed by atoms with Gasteiger partial charge in [0, 0.05) is 16.9 Å². The molecule has 5 aromatic rings. The standard InChI is InChI=1S/C29H30N8O2/c1-16-12-17(2)25-22(13-16)34-28(38-25)33-20-6-4-19(5-7-20)24-23-26(30)31-15-32-27(23)37(35-24)21-8-10-29(11-9-21)14-18(3)36-39-29/h4-7,12-15,21,36H,8-11H2,1-3H3,(H,33,34)(H2,30,31,32). The van der Waals surface area contributed by atoms with Gasteiger partial charge in [0.05, 0.1) is 11.4 Å². The van der Waals surface area contributed by atoms with E-state index in [0.29, 0.717) is 11.8 Å². The van der Waals surface area contributed by atoms with Gasteiger partial charge in [-0.1, -0.05) is 18.2 Å². The third-order valence-corrected chi connectivity index (χ3v) is 7.79. The lowest BCUT2D eigenvalue weighted by molar-refractivity contribution is -0.0672. The maximum absolute atomic E-state index is 6.37. The first-order valence-electron chi connectivity index (χ1n) is 13.2. The number of nitrogens with one attached hydrogen (secondary N) is 2. The van der Waals surface area contributed by atoms with Crippen molar-refractivity contribution in [3.8, 4) is 11.3 Å². The molecule has 1 aliphatic heterocycles. The van der Waals surface area contributed by atoms with Gasteiger partial charge in [0.15, 0.2) is 11.2 Å². The van der Waals surface area contributed by atoms with Crippen LogP contribution in [0.3, 0.4) is 0 Å². The highest BCUT2D eigenvalue weighted by molar-refractivity contribution is 5.98. The first-order chi connectivity index (χ1) is 18.9. The Kier molecular flexibility index (Phi) is 5.34. The smallest absolute Gasteiger partial charge is 0.300 e. The Balaban J connectivity index is 1.17. The Labute approximate surface area is 225 Å². The molecule has 0 atom stereocenters. The first-order valence-corrected chi connectivity index (χ1v) is 13.2. The van der Waals surface area contributed by atoms with Crippen LogP contribution >= 0.6 is 0 Å². The molecule has 10 nitrogen and oxygen atoms in total. The molecule has 1 saturated carbocycles. The summed E-state index contributed by atoms with van der Waals surface area (Å²) in [6.45, 7) is 6.12. The summed E-state index contributed by atoms with van der Waals surface area (Å²) < 4.78 is 8.00. The third-order valence-electron chi connectivity index (χ3n) is 7.79. The maximum atomic E-state index is 6.37. The summed E-state index contributed by atoms with van der Waals surface area (Å²) in [6.07, 6.45) is 7.39. The Morgan fingerprint density at radius 1 is 1.08 bits per heavy atom. The normalized spacial score (nSPS) is 21.0. The Hall–Kier alpha value is -4.44. The average Bonchev–Trinajstić information content (AvgIpc) is 3.61. The number of hydroxylamine groups is 1. The fraction of sp³-hybridized carbons (Fsp3) is 0.310. The van der Waals surface area contributed by atoms with E-state index in [4.69, 9.17) is 20.1 Å². The molecule has 4 heterocycles. The molecule has 7 rings (SSSR count). The van der Waals surface area contributed by atoms with Gasteiger partial charge in [-0.15, -0.1) is 0 Å². The number of nitrogens with zero attached hydrogens (tertiary/aromatic N) is 5. The number of hydrogen-bond donors (Lipinski definition) is 3. The van der Waals surface area contributed by atoms with E-state index in [-0.39, 0.29) is 11.6 Å². The molecule has 3 aromatic heterocycles. The quantitative estimate of drug-likeness (QED) is 0.265. The number of benzene rings is 2. The van der Waals surface area contributed by atoms with Gasteiger partial charge in [0.2, 0.25) is 0 Å². The van der Waals surface area contributed by atoms with Gasteiger partial charge in [-0.05, 0) is 81.9 Å². The van der Waals surface area contributed by atoms with Gasteiger partial charge in [-0.25, -0.2) is 14.6 Å². The molecule has 198 valence electrons. The van der Waals surface area contributed by atoms with Gasteiger partial charge in [-0.3, -0.25) is 10.3 Å². The number of hydrogen-bond acceptors (Lipinski definition) is 9. The summed E-state index contributed by atoms with van der Waals surface area (Å²) in [4.78, 5) is 19.4. The van der Waals surface area contributed by atoms with E-state index in [2.05, 4.69) is 44.8 Å². The summed E-state index contributed by atoms with van der Waals surface area (Å²) in [6, 6.07) is 12.8. The van der Waals surface area contributed by atoms with Crippen molar-refractivity contribution >= 4 is 39.7 Å². The highest BCUT2D eigenvalue weighted by Gasteiger charge is 2.39. The van der Waals surface area contributed by atoms with E-state index in [1.165, 1.54) is 6.33 Å². The van der Waals surface area contributed by atoms with E-state index >= 15 is 0 Å². The number of rotatable bonds is 4. The largest absolute Gasteiger partial charge is 0.423 e. The van der Waals surface area contributed by atoms with Crippen LogP contribution in [-0.2, 0) is 4.84 Å². The molecule has 10 heteroatoms.